The van der Waals surface area contributed by atoms with Crippen LogP contribution >= 0.6 is 11.8 Å². The Morgan fingerprint density at radius 3 is 2.85 bits per heavy atom. The highest BCUT2D eigenvalue weighted by molar-refractivity contribution is 7.99. The summed E-state index contributed by atoms with van der Waals surface area (Å²) in [7, 11) is 0. The molecule has 20 heavy (non-hydrogen) atoms. The van der Waals surface area contributed by atoms with Crippen LogP contribution < -0.4 is 0 Å². The summed E-state index contributed by atoms with van der Waals surface area (Å²) >= 11 is 1.04. The van der Waals surface area contributed by atoms with Gasteiger partial charge in [0.15, 0.2) is 11.0 Å². The van der Waals surface area contributed by atoms with E-state index in [9.17, 15) is 9.18 Å². The van der Waals surface area contributed by atoms with Gasteiger partial charge in [-0.3, -0.25) is 9.36 Å². The van der Waals surface area contributed by atoms with E-state index in [2.05, 4.69) is 16.8 Å². The van der Waals surface area contributed by atoms with E-state index in [4.69, 9.17) is 5.11 Å². The molecule has 0 aliphatic carbocycles. The van der Waals surface area contributed by atoms with E-state index in [1.165, 1.54) is 6.07 Å². The minimum Gasteiger partial charge on any atom is -0.481 e. The molecule has 1 aromatic heterocycles. The second-order valence-corrected chi connectivity index (χ2v) is 4.81. The van der Waals surface area contributed by atoms with Gasteiger partial charge in [0, 0.05) is 6.54 Å². The summed E-state index contributed by atoms with van der Waals surface area (Å²) in [5, 5.41) is 17.0. The maximum absolute atomic E-state index is 13.8. The normalized spacial score (nSPS) is 10.4. The first-order valence-electron chi connectivity index (χ1n) is 5.77. The van der Waals surface area contributed by atoms with Crippen molar-refractivity contribution in [2.45, 2.75) is 11.7 Å². The summed E-state index contributed by atoms with van der Waals surface area (Å²) < 4.78 is 15.4. The van der Waals surface area contributed by atoms with Crippen LogP contribution in [0.4, 0.5) is 4.39 Å². The number of thioether (sulfide) groups is 1. The molecule has 1 N–H and O–H groups in total. The first-order chi connectivity index (χ1) is 9.63. The van der Waals surface area contributed by atoms with Gasteiger partial charge in [-0.05, 0) is 12.1 Å². The van der Waals surface area contributed by atoms with E-state index in [1.54, 1.807) is 28.8 Å². The summed E-state index contributed by atoms with van der Waals surface area (Å²) in [6, 6.07) is 6.24. The largest absolute Gasteiger partial charge is 0.481 e. The molecule has 0 unspecified atom stereocenters. The van der Waals surface area contributed by atoms with Gasteiger partial charge in [-0.25, -0.2) is 4.39 Å². The lowest BCUT2D eigenvalue weighted by molar-refractivity contribution is -0.133. The zero-order valence-electron chi connectivity index (χ0n) is 10.5. The SMILES string of the molecule is C=CCn1c(SCC(=O)O)nnc1-c1ccccc1F. The van der Waals surface area contributed by atoms with Gasteiger partial charge in [0.05, 0.1) is 11.3 Å². The summed E-state index contributed by atoms with van der Waals surface area (Å²) in [5.74, 6) is -1.13. The molecule has 7 heteroatoms. The van der Waals surface area contributed by atoms with Crippen molar-refractivity contribution >= 4 is 17.7 Å². The van der Waals surface area contributed by atoms with Gasteiger partial charge in [-0.2, -0.15) is 0 Å². The molecule has 0 fully saturated rings. The molecule has 2 rings (SSSR count). The van der Waals surface area contributed by atoms with Crippen molar-refractivity contribution in [2.75, 3.05) is 5.75 Å². The standard InChI is InChI=1S/C13H12FN3O2S/c1-2-7-17-12(9-5-3-4-6-10(9)14)15-16-13(17)20-8-11(18)19/h2-6H,1,7-8H2,(H,18,19). The number of aromatic nitrogens is 3. The van der Waals surface area contributed by atoms with Gasteiger partial charge in [0.2, 0.25) is 0 Å². The molecule has 0 spiro atoms. The molecule has 0 amide bonds. The Balaban J connectivity index is 2.41. The molecular weight excluding hydrogens is 281 g/mol. The zero-order chi connectivity index (χ0) is 14.5. The van der Waals surface area contributed by atoms with Crippen molar-refractivity contribution in [3.05, 3.63) is 42.7 Å². The third kappa shape index (κ3) is 3.05. The maximum atomic E-state index is 13.8. The third-order valence-corrected chi connectivity index (χ3v) is 3.42. The molecule has 0 aliphatic rings. The Hall–Kier alpha value is -2.15. The molecule has 0 bridgehead atoms. The molecule has 1 heterocycles. The number of halogens is 1. The fourth-order valence-electron chi connectivity index (χ4n) is 1.66. The maximum Gasteiger partial charge on any atom is 0.313 e. The van der Waals surface area contributed by atoms with Crippen LogP contribution in [0, 0.1) is 5.82 Å². The highest BCUT2D eigenvalue weighted by atomic mass is 32.2. The Kier molecular flexibility index (Phi) is 4.52. The molecule has 2 aromatic rings. The lowest BCUT2D eigenvalue weighted by Crippen LogP contribution is -2.04. The molecule has 0 aliphatic heterocycles. The lowest BCUT2D eigenvalue weighted by Gasteiger charge is -2.07. The van der Waals surface area contributed by atoms with Crippen molar-refractivity contribution in [3.8, 4) is 11.4 Å². The van der Waals surface area contributed by atoms with Crippen molar-refractivity contribution in [3.63, 3.8) is 0 Å². The summed E-state index contributed by atoms with van der Waals surface area (Å²) in [6.07, 6.45) is 1.62. The summed E-state index contributed by atoms with van der Waals surface area (Å²) in [6.45, 7) is 4.01. The van der Waals surface area contributed by atoms with Crippen molar-refractivity contribution in [1.29, 1.82) is 0 Å². The van der Waals surface area contributed by atoms with E-state index < -0.39 is 11.8 Å². The van der Waals surface area contributed by atoms with Gasteiger partial charge >= 0.3 is 5.97 Å². The first-order valence-corrected chi connectivity index (χ1v) is 6.75. The van der Waals surface area contributed by atoms with E-state index >= 15 is 0 Å². The summed E-state index contributed by atoms with van der Waals surface area (Å²) in [5.41, 5.74) is 0.323. The fraction of sp³-hybridized carbons (Fsp3) is 0.154. The number of hydrogen-bond donors (Lipinski definition) is 1. The Bertz CT molecular complexity index is 642. The molecule has 0 atom stereocenters. The number of benzene rings is 1. The quantitative estimate of drug-likeness (QED) is 0.654. The summed E-state index contributed by atoms with van der Waals surface area (Å²) in [4.78, 5) is 10.6. The van der Waals surface area contributed by atoms with Crippen LogP contribution in [-0.4, -0.2) is 31.6 Å². The smallest absolute Gasteiger partial charge is 0.313 e. The van der Waals surface area contributed by atoms with Gasteiger partial charge < -0.3 is 5.11 Å². The molecular formula is C13H12FN3O2S. The van der Waals surface area contributed by atoms with Crippen molar-refractivity contribution in [1.82, 2.24) is 14.8 Å². The molecule has 0 saturated heterocycles. The molecule has 0 radical (unpaired) electrons. The second kappa shape index (κ2) is 6.33. The van der Waals surface area contributed by atoms with E-state index in [-0.39, 0.29) is 5.75 Å². The molecule has 0 saturated carbocycles. The number of rotatable bonds is 6. The van der Waals surface area contributed by atoms with E-state index in [1.807, 2.05) is 0 Å². The predicted molar refractivity (Wildman–Crippen MR) is 74.0 cm³/mol. The Morgan fingerprint density at radius 2 is 2.20 bits per heavy atom. The van der Waals surface area contributed by atoms with Gasteiger partial charge in [0.25, 0.3) is 0 Å². The van der Waals surface area contributed by atoms with Gasteiger partial charge in [-0.15, -0.1) is 16.8 Å². The molecule has 5 nitrogen and oxygen atoms in total. The number of carbonyl (C=O) groups is 1. The number of aliphatic carboxylic acids is 1. The van der Waals surface area contributed by atoms with Crippen LogP contribution in [0.5, 0.6) is 0 Å². The number of carboxylic acids is 1. The minimum absolute atomic E-state index is 0.132. The van der Waals surface area contributed by atoms with Gasteiger partial charge in [0.1, 0.15) is 5.82 Å². The highest BCUT2D eigenvalue weighted by Crippen LogP contribution is 2.25. The average Bonchev–Trinajstić information content (AvgIpc) is 2.80. The van der Waals surface area contributed by atoms with Crippen molar-refractivity contribution in [2.24, 2.45) is 0 Å². The van der Waals surface area contributed by atoms with Crippen molar-refractivity contribution < 1.29 is 14.3 Å². The van der Waals surface area contributed by atoms with Crippen LogP contribution in [0.2, 0.25) is 0 Å². The van der Waals surface area contributed by atoms with Crippen LogP contribution in [-0.2, 0) is 11.3 Å². The van der Waals surface area contributed by atoms with Crippen LogP contribution in [0.1, 0.15) is 0 Å². The zero-order valence-corrected chi connectivity index (χ0v) is 11.3. The van der Waals surface area contributed by atoms with E-state index in [0.717, 1.165) is 11.8 Å². The third-order valence-electron chi connectivity index (χ3n) is 2.47. The monoisotopic (exact) mass is 293 g/mol. The van der Waals surface area contributed by atoms with Crippen LogP contribution in [0.3, 0.4) is 0 Å². The Labute approximate surface area is 119 Å². The lowest BCUT2D eigenvalue weighted by atomic mass is 10.2. The first kappa shape index (κ1) is 14.3. The topological polar surface area (TPSA) is 68.0 Å². The number of nitrogens with zero attached hydrogens (tertiary/aromatic N) is 3. The molecule has 104 valence electrons. The van der Waals surface area contributed by atoms with Crippen LogP contribution in [0.15, 0.2) is 42.1 Å². The second-order valence-electron chi connectivity index (χ2n) is 3.87. The highest BCUT2D eigenvalue weighted by Gasteiger charge is 2.16. The number of carboxylic acid groups (broad SMARTS) is 1. The van der Waals surface area contributed by atoms with E-state index in [0.29, 0.717) is 23.1 Å². The minimum atomic E-state index is -0.949. The Morgan fingerprint density at radius 1 is 1.45 bits per heavy atom. The van der Waals surface area contributed by atoms with Gasteiger partial charge in [-0.1, -0.05) is 30.0 Å². The number of allylic oxidation sites excluding steroid dienone is 1. The van der Waals surface area contributed by atoms with Crippen LogP contribution in [0.25, 0.3) is 11.4 Å². The number of hydrogen-bond acceptors (Lipinski definition) is 4. The average molecular weight is 293 g/mol. The fourth-order valence-corrected chi connectivity index (χ4v) is 2.33. The molecule has 1 aromatic carbocycles. The predicted octanol–water partition coefficient (Wildman–Crippen LogP) is 2.45.